The van der Waals surface area contributed by atoms with Gasteiger partial charge in [-0.15, -0.1) is 0 Å². The van der Waals surface area contributed by atoms with Crippen LogP contribution < -0.4 is 24.8 Å². The van der Waals surface area contributed by atoms with E-state index in [2.05, 4.69) is 10.6 Å². The molecule has 7 nitrogen and oxygen atoms in total. The van der Waals surface area contributed by atoms with Crippen molar-refractivity contribution in [2.45, 2.75) is 13.0 Å². The maximum absolute atomic E-state index is 12.3. The van der Waals surface area contributed by atoms with Gasteiger partial charge in [0, 0.05) is 13.0 Å². The van der Waals surface area contributed by atoms with Gasteiger partial charge in [0.05, 0.1) is 11.6 Å². The van der Waals surface area contributed by atoms with Gasteiger partial charge in [-0.25, -0.2) is 0 Å². The summed E-state index contributed by atoms with van der Waals surface area (Å²) in [6.07, 6.45) is 0.0599. The van der Waals surface area contributed by atoms with Crippen molar-refractivity contribution >= 4 is 17.5 Å². The standard InChI is InChI=1S/C19H18N2O5/c22-18(20-9-12-5-6-16-17(7-12)26-11-25-16)8-13-10-24-15-4-2-1-3-14(15)21-19(13)23/h1-7,13H,8-11H2,(H,20,22)(H,21,23). The highest BCUT2D eigenvalue weighted by molar-refractivity contribution is 5.97. The summed E-state index contributed by atoms with van der Waals surface area (Å²) in [5.74, 6) is 1.02. The van der Waals surface area contributed by atoms with Gasteiger partial charge in [-0.3, -0.25) is 9.59 Å². The highest BCUT2D eigenvalue weighted by atomic mass is 16.7. The molecule has 0 saturated heterocycles. The Morgan fingerprint density at radius 1 is 1.08 bits per heavy atom. The number of para-hydroxylation sites is 2. The van der Waals surface area contributed by atoms with E-state index in [0.717, 1.165) is 5.56 Å². The molecule has 2 aliphatic heterocycles. The summed E-state index contributed by atoms with van der Waals surface area (Å²) in [5, 5.41) is 5.63. The Hall–Kier alpha value is -3.22. The molecule has 0 bridgehead atoms. The molecule has 1 unspecified atom stereocenters. The molecule has 0 spiro atoms. The zero-order valence-corrected chi connectivity index (χ0v) is 14.0. The van der Waals surface area contributed by atoms with Gasteiger partial charge >= 0.3 is 0 Å². The van der Waals surface area contributed by atoms with Crippen LogP contribution in [0.4, 0.5) is 5.69 Å². The minimum absolute atomic E-state index is 0.0599. The lowest BCUT2D eigenvalue weighted by atomic mass is 10.1. The summed E-state index contributed by atoms with van der Waals surface area (Å²) in [5.41, 5.74) is 1.53. The second-order valence-corrected chi connectivity index (χ2v) is 6.16. The quantitative estimate of drug-likeness (QED) is 0.878. The number of nitrogens with one attached hydrogen (secondary N) is 2. The normalized spacial score (nSPS) is 17.5. The fraction of sp³-hybridized carbons (Fsp3) is 0.263. The first-order valence-corrected chi connectivity index (χ1v) is 8.37. The van der Waals surface area contributed by atoms with Crippen molar-refractivity contribution in [1.29, 1.82) is 0 Å². The van der Waals surface area contributed by atoms with Crippen molar-refractivity contribution in [3.8, 4) is 17.2 Å². The molecule has 0 aromatic heterocycles. The molecule has 0 radical (unpaired) electrons. The van der Waals surface area contributed by atoms with Gasteiger partial charge < -0.3 is 24.8 Å². The van der Waals surface area contributed by atoms with Gasteiger partial charge in [0.15, 0.2) is 11.5 Å². The van der Waals surface area contributed by atoms with Crippen molar-refractivity contribution in [1.82, 2.24) is 5.32 Å². The number of anilines is 1. The number of hydrogen-bond donors (Lipinski definition) is 2. The molecule has 1 atom stereocenters. The topological polar surface area (TPSA) is 85.9 Å². The third-order valence-corrected chi connectivity index (χ3v) is 4.31. The molecule has 26 heavy (non-hydrogen) atoms. The van der Waals surface area contributed by atoms with Gasteiger partial charge in [-0.05, 0) is 29.8 Å². The smallest absolute Gasteiger partial charge is 0.231 e. The average Bonchev–Trinajstić information content (AvgIpc) is 3.06. The van der Waals surface area contributed by atoms with Crippen molar-refractivity contribution in [2.75, 3.05) is 18.7 Å². The first-order chi connectivity index (χ1) is 12.7. The number of carbonyl (C=O) groups excluding carboxylic acids is 2. The van der Waals surface area contributed by atoms with Crippen LogP contribution in [0.1, 0.15) is 12.0 Å². The van der Waals surface area contributed by atoms with Crippen LogP contribution in [-0.4, -0.2) is 25.2 Å². The predicted octanol–water partition coefficient (Wildman–Crippen LogP) is 2.07. The molecule has 4 rings (SSSR count). The SMILES string of the molecule is O=C(CC1COc2ccccc2NC1=O)NCc1ccc2c(c1)OCO2. The lowest BCUT2D eigenvalue weighted by Crippen LogP contribution is -2.32. The van der Waals surface area contributed by atoms with Crippen LogP contribution in [0, 0.1) is 5.92 Å². The second kappa shape index (κ2) is 6.95. The zero-order valence-electron chi connectivity index (χ0n) is 14.0. The van der Waals surface area contributed by atoms with E-state index in [1.807, 2.05) is 30.3 Å². The lowest BCUT2D eigenvalue weighted by Gasteiger charge is -2.13. The molecule has 2 heterocycles. The molecule has 7 heteroatoms. The largest absolute Gasteiger partial charge is 0.491 e. The lowest BCUT2D eigenvalue weighted by molar-refractivity contribution is -0.128. The van der Waals surface area contributed by atoms with Crippen LogP contribution in [-0.2, 0) is 16.1 Å². The summed E-state index contributed by atoms with van der Waals surface area (Å²) < 4.78 is 16.2. The van der Waals surface area contributed by atoms with Gasteiger partial charge in [0.2, 0.25) is 18.6 Å². The molecule has 2 amide bonds. The zero-order chi connectivity index (χ0) is 17.9. The molecule has 2 aromatic carbocycles. The molecule has 0 aliphatic carbocycles. The maximum atomic E-state index is 12.3. The van der Waals surface area contributed by atoms with Gasteiger partial charge in [-0.2, -0.15) is 0 Å². The molecule has 0 saturated carbocycles. The van der Waals surface area contributed by atoms with Crippen molar-refractivity contribution in [2.24, 2.45) is 5.92 Å². The summed E-state index contributed by atoms with van der Waals surface area (Å²) in [4.78, 5) is 24.6. The van der Waals surface area contributed by atoms with E-state index in [4.69, 9.17) is 14.2 Å². The predicted molar refractivity (Wildman–Crippen MR) is 93.1 cm³/mol. The highest BCUT2D eigenvalue weighted by Gasteiger charge is 2.26. The van der Waals surface area contributed by atoms with Crippen LogP contribution in [0.5, 0.6) is 17.2 Å². The Kier molecular flexibility index (Phi) is 4.35. The molecule has 134 valence electrons. The van der Waals surface area contributed by atoms with Crippen LogP contribution in [0.15, 0.2) is 42.5 Å². The first kappa shape index (κ1) is 16.3. The van der Waals surface area contributed by atoms with E-state index >= 15 is 0 Å². The minimum Gasteiger partial charge on any atom is -0.491 e. The van der Waals surface area contributed by atoms with Crippen LogP contribution >= 0.6 is 0 Å². The maximum Gasteiger partial charge on any atom is 0.231 e. The second-order valence-electron chi connectivity index (χ2n) is 6.16. The molecular formula is C19H18N2O5. The van der Waals surface area contributed by atoms with Crippen molar-refractivity contribution in [3.05, 3.63) is 48.0 Å². The minimum atomic E-state index is -0.542. The Bertz CT molecular complexity index is 852. The van der Waals surface area contributed by atoms with Crippen LogP contribution in [0.2, 0.25) is 0 Å². The Balaban J connectivity index is 1.33. The number of amides is 2. The summed E-state index contributed by atoms with van der Waals surface area (Å²) in [7, 11) is 0. The molecule has 2 aliphatic rings. The highest BCUT2D eigenvalue weighted by Crippen LogP contribution is 2.32. The van der Waals surface area contributed by atoms with E-state index in [9.17, 15) is 9.59 Å². The molecule has 0 fully saturated rings. The fourth-order valence-electron chi connectivity index (χ4n) is 2.90. The van der Waals surface area contributed by atoms with E-state index in [-0.39, 0.29) is 31.6 Å². The average molecular weight is 354 g/mol. The molecular weight excluding hydrogens is 336 g/mol. The monoisotopic (exact) mass is 354 g/mol. The van der Waals surface area contributed by atoms with Gasteiger partial charge in [0.25, 0.3) is 0 Å². The fourth-order valence-corrected chi connectivity index (χ4v) is 2.90. The number of benzene rings is 2. The van der Waals surface area contributed by atoms with E-state index < -0.39 is 5.92 Å². The molecule has 2 N–H and O–H groups in total. The molecule has 2 aromatic rings. The van der Waals surface area contributed by atoms with Gasteiger partial charge in [0.1, 0.15) is 12.4 Å². The van der Waals surface area contributed by atoms with E-state index in [1.54, 1.807) is 12.1 Å². The third-order valence-electron chi connectivity index (χ3n) is 4.31. The number of hydrogen-bond acceptors (Lipinski definition) is 5. The number of ether oxygens (including phenoxy) is 3. The first-order valence-electron chi connectivity index (χ1n) is 8.37. The summed E-state index contributed by atoms with van der Waals surface area (Å²) >= 11 is 0. The Morgan fingerprint density at radius 2 is 1.92 bits per heavy atom. The van der Waals surface area contributed by atoms with Crippen molar-refractivity contribution in [3.63, 3.8) is 0 Å². The van der Waals surface area contributed by atoms with E-state index in [1.165, 1.54) is 0 Å². The number of carbonyl (C=O) groups is 2. The summed E-state index contributed by atoms with van der Waals surface area (Å²) in [6, 6.07) is 12.7. The van der Waals surface area contributed by atoms with Gasteiger partial charge in [-0.1, -0.05) is 18.2 Å². The number of fused-ring (bicyclic) bond motifs is 2. The summed E-state index contributed by atoms with van der Waals surface area (Å²) in [6.45, 7) is 0.732. The van der Waals surface area contributed by atoms with E-state index in [0.29, 0.717) is 29.5 Å². The Labute approximate surface area is 150 Å². The van der Waals surface area contributed by atoms with Crippen LogP contribution in [0.3, 0.4) is 0 Å². The third kappa shape index (κ3) is 3.42. The van der Waals surface area contributed by atoms with Crippen LogP contribution in [0.25, 0.3) is 0 Å². The van der Waals surface area contributed by atoms with Crippen molar-refractivity contribution < 1.29 is 23.8 Å². The Morgan fingerprint density at radius 3 is 2.85 bits per heavy atom. The number of rotatable bonds is 4.